The minimum atomic E-state index is -4.19. The number of rotatable bonds is 7. The summed E-state index contributed by atoms with van der Waals surface area (Å²) in [6.07, 6.45) is 0. The number of nitrogens with zero attached hydrogens (tertiary/aromatic N) is 2. The minimum Gasteiger partial charge on any atom is -0.475 e. The maximum absolute atomic E-state index is 13.6. The van der Waals surface area contributed by atoms with Crippen LogP contribution in [0.4, 0.5) is 8.78 Å². The Morgan fingerprint density at radius 3 is 2.44 bits per heavy atom. The molecule has 1 N–H and O–H groups in total. The second-order valence-electron chi connectivity index (χ2n) is 5.44. The first kappa shape index (κ1) is 18.9. The van der Waals surface area contributed by atoms with E-state index in [1.54, 1.807) is 12.1 Å². The number of nitrogens with one attached hydrogen (secondary N) is 1. The molecule has 0 spiro atoms. The molecule has 2 aromatic carbocycles. The van der Waals surface area contributed by atoms with E-state index in [4.69, 9.17) is 4.74 Å². The SMILES string of the molecule is O=S(=O)(NCCOc1ccc(-c2ccccc2)nn1)c1cc(F)ccc1F. The number of ether oxygens (including phenoxy) is 1. The van der Waals surface area contributed by atoms with Crippen LogP contribution >= 0.6 is 0 Å². The van der Waals surface area contributed by atoms with Crippen molar-refractivity contribution in [3.8, 4) is 17.1 Å². The molecular weight excluding hydrogens is 376 g/mol. The van der Waals surface area contributed by atoms with Gasteiger partial charge in [-0.05, 0) is 24.3 Å². The molecule has 0 saturated carbocycles. The minimum absolute atomic E-state index is 0.0600. The van der Waals surface area contributed by atoms with Crippen LogP contribution in [0.5, 0.6) is 5.88 Å². The Hall–Kier alpha value is -2.91. The van der Waals surface area contributed by atoms with E-state index >= 15 is 0 Å². The fourth-order valence-electron chi connectivity index (χ4n) is 2.25. The van der Waals surface area contributed by atoms with Crippen LogP contribution in [-0.2, 0) is 10.0 Å². The van der Waals surface area contributed by atoms with Gasteiger partial charge in [0.25, 0.3) is 0 Å². The van der Waals surface area contributed by atoms with Crippen molar-refractivity contribution in [2.75, 3.05) is 13.2 Å². The topological polar surface area (TPSA) is 81.2 Å². The van der Waals surface area contributed by atoms with Gasteiger partial charge < -0.3 is 4.74 Å². The molecule has 0 amide bonds. The zero-order valence-electron chi connectivity index (χ0n) is 14.0. The van der Waals surface area contributed by atoms with Crippen LogP contribution in [0.3, 0.4) is 0 Å². The van der Waals surface area contributed by atoms with Crippen LogP contribution in [-0.4, -0.2) is 31.8 Å². The lowest BCUT2D eigenvalue weighted by molar-refractivity contribution is 0.307. The van der Waals surface area contributed by atoms with Gasteiger partial charge in [-0.25, -0.2) is 21.9 Å². The van der Waals surface area contributed by atoms with Gasteiger partial charge in [0, 0.05) is 18.2 Å². The Kier molecular flexibility index (Phi) is 5.72. The molecule has 0 aliphatic carbocycles. The molecule has 0 fully saturated rings. The smallest absolute Gasteiger partial charge is 0.243 e. The fraction of sp³-hybridized carbons (Fsp3) is 0.111. The third-order valence-electron chi connectivity index (χ3n) is 3.54. The van der Waals surface area contributed by atoms with Crippen LogP contribution in [0.2, 0.25) is 0 Å². The van der Waals surface area contributed by atoms with Gasteiger partial charge in [-0.15, -0.1) is 10.2 Å². The van der Waals surface area contributed by atoms with Gasteiger partial charge in [-0.1, -0.05) is 30.3 Å². The van der Waals surface area contributed by atoms with E-state index in [-0.39, 0.29) is 19.0 Å². The molecule has 0 bridgehead atoms. The predicted molar refractivity (Wildman–Crippen MR) is 94.5 cm³/mol. The van der Waals surface area contributed by atoms with Gasteiger partial charge in [-0.2, -0.15) is 0 Å². The molecular formula is C18H15F2N3O3S. The van der Waals surface area contributed by atoms with Crippen molar-refractivity contribution >= 4 is 10.0 Å². The summed E-state index contributed by atoms with van der Waals surface area (Å²) in [5, 5.41) is 7.95. The molecule has 6 nitrogen and oxygen atoms in total. The molecule has 0 aliphatic heterocycles. The summed E-state index contributed by atoms with van der Waals surface area (Å²) in [7, 11) is -4.19. The molecule has 0 radical (unpaired) electrons. The largest absolute Gasteiger partial charge is 0.475 e. The molecule has 3 rings (SSSR count). The lowest BCUT2D eigenvalue weighted by Crippen LogP contribution is -2.29. The van der Waals surface area contributed by atoms with Gasteiger partial charge >= 0.3 is 0 Å². The molecule has 27 heavy (non-hydrogen) atoms. The second kappa shape index (κ2) is 8.19. The highest BCUT2D eigenvalue weighted by Crippen LogP contribution is 2.17. The quantitative estimate of drug-likeness (QED) is 0.627. The van der Waals surface area contributed by atoms with Crippen LogP contribution in [0.25, 0.3) is 11.3 Å². The van der Waals surface area contributed by atoms with Crippen molar-refractivity contribution in [1.82, 2.24) is 14.9 Å². The van der Waals surface area contributed by atoms with Gasteiger partial charge in [0.15, 0.2) is 0 Å². The number of hydrogen-bond donors (Lipinski definition) is 1. The summed E-state index contributed by atoms with van der Waals surface area (Å²) in [5.41, 5.74) is 1.58. The number of sulfonamides is 1. The van der Waals surface area contributed by atoms with E-state index < -0.39 is 26.6 Å². The average molecular weight is 391 g/mol. The summed E-state index contributed by atoms with van der Waals surface area (Å²) < 4.78 is 58.2. The van der Waals surface area contributed by atoms with Gasteiger partial charge in [0.05, 0.1) is 5.69 Å². The number of hydrogen-bond acceptors (Lipinski definition) is 5. The lowest BCUT2D eigenvalue weighted by atomic mass is 10.1. The van der Waals surface area contributed by atoms with Gasteiger partial charge in [-0.3, -0.25) is 0 Å². The molecule has 0 unspecified atom stereocenters. The van der Waals surface area contributed by atoms with Crippen LogP contribution in [0.1, 0.15) is 0 Å². The van der Waals surface area contributed by atoms with Crippen LogP contribution in [0, 0.1) is 11.6 Å². The van der Waals surface area contributed by atoms with Crippen molar-refractivity contribution in [1.29, 1.82) is 0 Å². The number of halogens is 2. The number of aromatic nitrogens is 2. The predicted octanol–water partition coefficient (Wildman–Crippen LogP) is 2.78. The van der Waals surface area contributed by atoms with Crippen molar-refractivity contribution in [2.24, 2.45) is 0 Å². The normalized spacial score (nSPS) is 11.3. The summed E-state index contributed by atoms with van der Waals surface area (Å²) in [6, 6.07) is 15.0. The number of benzene rings is 2. The molecule has 0 atom stereocenters. The third kappa shape index (κ3) is 4.83. The zero-order chi connectivity index (χ0) is 19.3. The van der Waals surface area contributed by atoms with Crippen molar-refractivity contribution in [3.63, 3.8) is 0 Å². The lowest BCUT2D eigenvalue weighted by Gasteiger charge is -2.09. The van der Waals surface area contributed by atoms with Crippen LogP contribution < -0.4 is 9.46 Å². The van der Waals surface area contributed by atoms with E-state index in [9.17, 15) is 17.2 Å². The molecule has 0 aliphatic rings. The highest BCUT2D eigenvalue weighted by atomic mass is 32.2. The monoisotopic (exact) mass is 391 g/mol. The highest BCUT2D eigenvalue weighted by Gasteiger charge is 2.19. The Balaban J connectivity index is 1.55. The Morgan fingerprint density at radius 2 is 1.74 bits per heavy atom. The summed E-state index contributed by atoms with van der Waals surface area (Å²) in [6.45, 7) is -0.212. The summed E-state index contributed by atoms with van der Waals surface area (Å²) in [5.74, 6) is -1.67. The van der Waals surface area contributed by atoms with E-state index in [0.29, 0.717) is 11.8 Å². The first-order valence-electron chi connectivity index (χ1n) is 7.92. The Labute approximate surface area is 154 Å². The van der Waals surface area contributed by atoms with E-state index in [0.717, 1.165) is 17.7 Å². The molecule has 9 heteroatoms. The Morgan fingerprint density at radius 1 is 0.963 bits per heavy atom. The zero-order valence-corrected chi connectivity index (χ0v) is 14.8. The molecule has 0 saturated heterocycles. The highest BCUT2D eigenvalue weighted by molar-refractivity contribution is 7.89. The molecule has 140 valence electrons. The van der Waals surface area contributed by atoms with Crippen molar-refractivity contribution in [3.05, 3.63) is 72.3 Å². The Bertz CT molecular complexity index is 1010. The standard InChI is InChI=1S/C18H15F2N3O3S/c19-14-6-7-15(20)17(12-14)27(24,25)21-10-11-26-18-9-8-16(22-23-18)13-4-2-1-3-5-13/h1-9,12,21H,10-11H2. The van der Waals surface area contributed by atoms with Gasteiger partial charge in [0.2, 0.25) is 15.9 Å². The van der Waals surface area contributed by atoms with Crippen LogP contribution in [0.15, 0.2) is 65.6 Å². The maximum atomic E-state index is 13.6. The van der Waals surface area contributed by atoms with Crippen molar-refractivity contribution < 1.29 is 21.9 Å². The third-order valence-corrected chi connectivity index (χ3v) is 5.01. The first-order valence-corrected chi connectivity index (χ1v) is 9.41. The van der Waals surface area contributed by atoms with Crippen molar-refractivity contribution in [2.45, 2.75) is 4.90 Å². The molecule has 3 aromatic rings. The maximum Gasteiger partial charge on any atom is 0.243 e. The fourth-order valence-corrected chi connectivity index (χ4v) is 3.35. The first-order chi connectivity index (χ1) is 13.0. The van der Waals surface area contributed by atoms with E-state index in [1.165, 1.54) is 0 Å². The summed E-state index contributed by atoms with van der Waals surface area (Å²) in [4.78, 5) is -0.755. The molecule has 1 heterocycles. The van der Waals surface area contributed by atoms with Gasteiger partial charge in [0.1, 0.15) is 23.1 Å². The average Bonchev–Trinajstić information content (AvgIpc) is 2.68. The van der Waals surface area contributed by atoms with E-state index in [1.807, 2.05) is 30.3 Å². The summed E-state index contributed by atoms with van der Waals surface area (Å²) >= 11 is 0. The second-order valence-corrected chi connectivity index (χ2v) is 7.18. The molecule has 1 aromatic heterocycles. The van der Waals surface area contributed by atoms with E-state index in [2.05, 4.69) is 14.9 Å².